The minimum atomic E-state index is -4.42. The number of carbonyl (C=O) groups excluding carboxylic acids is 1. The Morgan fingerprint density at radius 3 is 2.76 bits per heavy atom. The van der Waals surface area contributed by atoms with Crippen LogP contribution >= 0.6 is 11.6 Å². The molecule has 0 unspecified atom stereocenters. The minimum Gasteiger partial charge on any atom is -0.447 e. The lowest BCUT2D eigenvalue weighted by molar-refractivity contribution is -0.138. The van der Waals surface area contributed by atoms with E-state index in [1.165, 1.54) is 19.1 Å². The first-order valence-electron chi connectivity index (χ1n) is 5.96. The van der Waals surface area contributed by atoms with E-state index in [-0.39, 0.29) is 22.9 Å². The summed E-state index contributed by atoms with van der Waals surface area (Å²) >= 11 is 5.98. The number of hydrogen-bond acceptors (Lipinski definition) is 3. The lowest BCUT2D eigenvalue weighted by Gasteiger charge is -2.24. The Balaban J connectivity index is 2.41. The zero-order chi connectivity index (χ0) is 15.8. The van der Waals surface area contributed by atoms with Gasteiger partial charge in [-0.2, -0.15) is 18.4 Å². The van der Waals surface area contributed by atoms with E-state index in [1.54, 1.807) is 0 Å². The van der Waals surface area contributed by atoms with Gasteiger partial charge in [0, 0.05) is 0 Å². The Morgan fingerprint density at radius 2 is 2.19 bits per heavy atom. The third kappa shape index (κ3) is 3.05. The molecule has 0 saturated carbocycles. The van der Waals surface area contributed by atoms with Crippen LogP contribution in [0.2, 0.25) is 5.02 Å². The molecule has 1 fully saturated rings. The smallest absolute Gasteiger partial charge is 0.414 e. The van der Waals surface area contributed by atoms with Crippen molar-refractivity contribution >= 4 is 23.4 Å². The summed E-state index contributed by atoms with van der Waals surface area (Å²) in [6.45, 7) is 1.20. The Morgan fingerprint density at radius 1 is 1.52 bits per heavy atom. The molecule has 0 N–H and O–H groups in total. The van der Waals surface area contributed by atoms with Crippen molar-refractivity contribution in [2.75, 3.05) is 11.5 Å². The van der Waals surface area contributed by atoms with Crippen LogP contribution in [0.3, 0.4) is 0 Å². The summed E-state index contributed by atoms with van der Waals surface area (Å²) in [6, 6.07) is 3.49. The van der Waals surface area contributed by atoms with E-state index in [2.05, 4.69) is 0 Å². The number of anilines is 1. The molecule has 0 aliphatic carbocycles. The minimum absolute atomic E-state index is 0.112. The van der Waals surface area contributed by atoms with Crippen LogP contribution in [-0.2, 0) is 4.74 Å². The molecular formula is C13H10ClF3N2O2. The van der Waals surface area contributed by atoms with E-state index in [4.69, 9.17) is 21.6 Å². The van der Waals surface area contributed by atoms with Crippen molar-refractivity contribution in [1.82, 2.24) is 0 Å². The van der Waals surface area contributed by atoms with Crippen LogP contribution in [0, 0.1) is 18.3 Å². The fourth-order valence-electron chi connectivity index (χ4n) is 2.20. The molecule has 1 heterocycles. The Hall–Kier alpha value is -1.94. The normalized spacial score (nSPS) is 18.6. The summed E-state index contributed by atoms with van der Waals surface area (Å²) in [4.78, 5) is 12.7. The van der Waals surface area contributed by atoms with Crippen LogP contribution in [0.15, 0.2) is 12.1 Å². The van der Waals surface area contributed by atoms with Gasteiger partial charge in [0.05, 0.1) is 28.7 Å². The Labute approximate surface area is 123 Å². The van der Waals surface area contributed by atoms with E-state index in [0.717, 1.165) is 4.90 Å². The number of nitriles is 1. The van der Waals surface area contributed by atoms with E-state index < -0.39 is 24.7 Å². The van der Waals surface area contributed by atoms with Gasteiger partial charge in [-0.3, -0.25) is 4.90 Å². The van der Waals surface area contributed by atoms with Crippen molar-refractivity contribution in [2.24, 2.45) is 0 Å². The average molecular weight is 319 g/mol. The van der Waals surface area contributed by atoms with Gasteiger partial charge in [-0.1, -0.05) is 11.6 Å². The van der Waals surface area contributed by atoms with E-state index in [0.29, 0.717) is 5.56 Å². The largest absolute Gasteiger partial charge is 0.447 e. The van der Waals surface area contributed by atoms with Crippen molar-refractivity contribution in [3.63, 3.8) is 0 Å². The molecule has 1 atom stereocenters. The first-order chi connectivity index (χ1) is 9.74. The lowest BCUT2D eigenvalue weighted by Crippen LogP contribution is -2.37. The van der Waals surface area contributed by atoms with Crippen molar-refractivity contribution in [3.8, 4) is 6.07 Å². The zero-order valence-corrected chi connectivity index (χ0v) is 11.6. The maximum Gasteiger partial charge on any atom is 0.414 e. The molecule has 0 spiro atoms. The molecule has 0 aromatic heterocycles. The second-order valence-electron chi connectivity index (χ2n) is 4.60. The number of benzene rings is 1. The van der Waals surface area contributed by atoms with Gasteiger partial charge < -0.3 is 4.74 Å². The van der Waals surface area contributed by atoms with Crippen molar-refractivity contribution in [1.29, 1.82) is 5.26 Å². The Kier molecular flexibility index (Phi) is 4.01. The van der Waals surface area contributed by atoms with E-state index in [1.807, 2.05) is 6.07 Å². The molecule has 2 rings (SSSR count). The number of carbonyl (C=O) groups is 1. The first kappa shape index (κ1) is 15.4. The monoisotopic (exact) mass is 318 g/mol. The molecule has 21 heavy (non-hydrogen) atoms. The van der Waals surface area contributed by atoms with Gasteiger partial charge in [-0.05, 0) is 24.6 Å². The summed E-state index contributed by atoms with van der Waals surface area (Å²) in [6.07, 6.45) is -6.44. The molecule has 0 radical (unpaired) electrons. The van der Waals surface area contributed by atoms with Crippen molar-refractivity contribution < 1.29 is 22.7 Å². The standard InChI is InChI=1S/C13H10ClF3N2O2/c1-7-10(3-2-8(5-18)11(7)14)19-9(4-13(15,16)17)6-21-12(19)20/h2-3,9H,4,6H2,1H3/t9-/m0/s1. The highest BCUT2D eigenvalue weighted by Crippen LogP contribution is 2.36. The third-order valence-electron chi connectivity index (χ3n) is 3.17. The summed E-state index contributed by atoms with van der Waals surface area (Å²) in [7, 11) is 0. The van der Waals surface area contributed by atoms with Gasteiger partial charge in [-0.15, -0.1) is 0 Å². The number of cyclic esters (lactones) is 1. The zero-order valence-electron chi connectivity index (χ0n) is 10.9. The molecule has 1 aliphatic heterocycles. The fraction of sp³-hybridized carbons (Fsp3) is 0.385. The van der Waals surface area contributed by atoms with Gasteiger partial charge in [-0.25, -0.2) is 4.79 Å². The number of hydrogen-bond donors (Lipinski definition) is 0. The van der Waals surface area contributed by atoms with Gasteiger partial charge >= 0.3 is 12.3 Å². The molecule has 1 saturated heterocycles. The van der Waals surface area contributed by atoms with Crippen LogP contribution in [0.25, 0.3) is 0 Å². The predicted octanol–water partition coefficient (Wildman–Crippen LogP) is 3.80. The van der Waals surface area contributed by atoms with Gasteiger partial charge in [0.25, 0.3) is 0 Å². The van der Waals surface area contributed by atoms with Crippen molar-refractivity contribution in [3.05, 3.63) is 28.3 Å². The van der Waals surface area contributed by atoms with Crippen molar-refractivity contribution in [2.45, 2.75) is 25.6 Å². The average Bonchev–Trinajstić information content (AvgIpc) is 2.72. The molecular weight excluding hydrogens is 309 g/mol. The number of rotatable bonds is 2. The molecule has 4 nitrogen and oxygen atoms in total. The van der Waals surface area contributed by atoms with Gasteiger partial charge in [0.15, 0.2) is 0 Å². The maximum absolute atomic E-state index is 12.6. The van der Waals surface area contributed by atoms with Crippen LogP contribution < -0.4 is 4.90 Å². The van der Waals surface area contributed by atoms with Crippen LogP contribution in [0.4, 0.5) is 23.7 Å². The van der Waals surface area contributed by atoms with Crippen LogP contribution in [-0.4, -0.2) is 24.9 Å². The number of halogens is 4. The molecule has 1 aromatic rings. The van der Waals surface area contributed by atoms with Crippen LogP contribution in [0.1, 0.15) is 17.5 Å². The SMILES string of the molecule is Cc1c(N2C(=O)OC[C@@H]2CC(F)(F)F)ccc(C#N)c1Cl. The summed E-state index contributed by atoms with van der Waals surface area (Å²) in [5.74, 6) is 0. The highest BCUT2D eigenvalue weighted by atomic mass is 35.5. The number of nitrogens with zero attached hydrogens (tertiary/aromatic N) is 2. The fourth-order valence-corrected chi connectivity index (χ4v) is 2.40. The number of ether oxygens (including phenoxy) is 1. The predicted molar refractivity (Wildman–Crippen MR) is 69.2 cm³/mol. The second-order valence-corrected chi connectivity index (χ2v) is 4.98. The highest BCUT2D eigenvalue weighted by Gasteiger charge is 2.42. The molecule has 1 amide bonds. The first-order valence-corrected chi connectivity index (χ1v) is 6.34. The quantitative estimate of drug-likeness (QED) is 0.833. The summed E-state index contributed by atoms with van der Waals surface area (Å²) < 4.78 is 42.4. The van der Waals surface area contributed by atoms with Gasteiger partial charge in [0.2, 0.25) is 0 Å². The van der Waals surface area contributed by atoms with Gasteiger partial charge in [0.1, 0.15) is 12.7 Å². The lowest BCUT2D eigenvalue weighted by atomic mass is 10.1. The summed E-state index contributed by atoms with van der Waals surface area (Å²) in [5, 5.41) is 8.98. The molecule has 0 bridgehead atoms. The molecule has 1 aromatic carbocycles. The molecule has 1 aliphatic rings. The number of alkyl halides is 3. The Bertz CT molecular complexity index is 625. The summed E-state index contributed by atoms with van der Waals surface area (Å²) in [5.41, 5.74) is 0.773. The third-order valence-corrected chi connectivity index (χ3v) is 3.65. The van der Waals surface area contributed by atoms with Crippen LogP contribution in [0.5, 0.6) is 0 Å². The second kappa shape index (κ2) is 5.45. The molecule has 112 valence electrons. The molecule has 8 heteroatoms. The number of amides is 1. The topological polar surface area (TPSA) is 53.3 Å². The highest BCUT2D eigenvalue weighted by molar-refractivity contribution is 6.33. The maximum atomic E-state index is 12.6. The van der Waals surface area contributed by atoms with E-state index in [9.17, 15) is 18.0 Å². The van der Waals surface area contributed by atoms with E-state index >= 15 is 0 Å².